The van der Waals surface area contributed by atoms with Crippen LogP contribution in [0, 0.1) is 10.1 Å². The lowest BCUT2D eigenvalue weighted by Crippen LogP contribution is -2.10. The largest absolute Gasteiger partial charge is 0.377 e. The molecule has 0 bridgehead atoms. The van der Waals surface area contributed by atoms with Crippen LogP contribution in [0.3, 0.4) is 0 Å². The normalized spacial score (nSPS) is 11.1. The van der Waals surface area contributed by atoms with Crippen molar-refractivity contribution in [2.45, 2.75) is 4.90 Å². The third-order valence-corrected chi connectivity index (χ3v) is 4.43. The number of non-ortho nitro benzene ring substituents is 1. The van der Waals surface area contributed by atoms with Gasteiger partial charge in [0.05, 0.1) is 9.95 Å². The maximum atomic E-state index is 12.1. The van der Waals surface area contributed by atoms with Gasteiger partial charge >= 0.3 is 10.1 Å². The van der Waals surface area contributed by atoms with Crippen molar-refractivity contribution in [1.82, 2.24) is 0 Å². The molecular weight excluding hydrogens is 386 g/mol. The summed E-state index contributed by atoms with van der Waals surface area (Å²) in [6.07, 6.45) is 0. The minimum Gasteiger partial charge on any atom is -0.377 e. The van der Waals surface area contributed by atoms with E-state index in [4.69, 9.17) is 15.8 Å². The van der Waals surface area contributed by atoms with Crippen molar-refractivity contribution < 1.29 is 17.5 Å². The van der Waals surface area contributed by atoms with Crippen LogP contribution in [0.25, 0.3) is 0 Å². The fraction of sp³-hybridized carbons (Fsp3) is 0. The number of nitro benzene ring substituents is 1. The molecule has 0 aliphatic heterocycles. The molecule has 0 aliphatic rings. The second-order valence-corrected chi connectivity index (χ2v) is 6.74. The summed E-state index contributed by atoms with van der Waals surface area (Å²) in [5.74, 6) is -0.178. The van der Waals surface area contributed by atoms with Gasteiger partial charge in [0.2, 0.25) is 0 Å². The molecule has 0 heterocycles. The van der Waals surface area contributed by atoms with E-state index < -0.39 is 15.0 Å². The Labute approximate surface area is 133 Å². The van der Waals surface area contributed by atoms with E-state index in [2.05, 4.69) is 15.9 Å². The monoisotopic (exact) mass is 391 g/mol. The summed E-state index contributed by atoms with van der Waals surface area (Å²) < 4.78 is 29.7. The summed E-state index contributed by atoms with van der Waals surface area (Å²) in [4.78, 5) is 9.89. The number of nitrogens with zero attached hydrogens (tertiary/aromatic N) is 1. The van der Waals surface area contributed by atoms with Gasteiger partial charge in [-0.25, -0.2) is 0 Å². The van der Waals surface area contributed by atoms with Gasteiger partial charge in [0.15, 0.2) is 5.75 Å². The lowest BCUT2D eigenvalue weighted by molar-refractivity contribution is -0.384. The van der Waals surface area contributed by atoms with Crippen LogP contribution in [0.4, 0.5) is 5.69 Å². The molecule has 0 aliphatic carbocycles. The van der Waals surface area contributed by atoms with Gasteiger partial charge in [-0.2, -0.15) is 8.42 Å². The third-order valence-electron chi connectivity index (χ3n) is 2.41. The molecular formula is C12H7BrClNO5S. The summed E-state index contributed by atoms with van der Waals surface area (Å²) in [6.45, 7) is 0. The Morgan fingerprint density at radius 2 is 1.90 bits per heavy atom. The Balaban J connectivity index is 2.35. The Morgan fingerprint density at radius 1 is 1.19 bits per heavy atom. The first-order valence-electron chi connectivity index (χ1n) is 5.43. The molecule has 6 nitrogen and oxygen atoms in total. The van der Waals surface area contributed by atoms with Crippen LogP contribution < -0.4 is 4.18 Å². The predicted molar refractivity (Wildman–Crippen MR) is 80.1 cm³/mol. The molecule has 9 heteroatoms. The predicted octanol–water partition coefficient (Wildman–Crippen LogP) is 3.78. The summed E-state index contributed by atoms with van der Waals surface area (Å²) in [6, 6.07) is 9.20. The van der Waals surface area contributed by atoms with Gasteiger partial charge in [-0.05, 0) is 24.3 Å². The topological polar surface area (TPSA) is 86.5 Å². The van der Waals surface area contributed by atoms with Crippen molar-refractivity contribution in [1.29, 1.82) is 0 Å². The van der Waals surface area contributed by atoms with E-state index in [9.17, 15) is 18.5 Å². The molecule has 21 heavy (non-hydrogen) atoms. The van der Waals surface area contributed by atoms with Crippen molar-refractivity contribution in [2.75, 3.05) is 0 Å². The van der Waals surface area contributed by atoms with Crippen LogP contribution in [0.5, 0.6) is 5.75 Å². The van der Waals surface area contributed by atoms with E-state index in [0.717, 1.165) is 18.2 Å². The Bertz CT molecular complexity index is 809. The zero-order valence-electron chi connectivity index (χ0n) is 10.2. The van der Waals surface area contributed by atoms with E-state index in [1.165, 1.54) is 18.2 Å². The maximum absolute atomic E-state index is 12.1. The van der Waals surface area contributed by atoms with Crippen LogP contribution in [0.15, 0.2) is 51.8 Å². The first-order valence-corrected chi connectivity index (χ1v) is 8.01. The minimum atomic E-state index is -4.08. The van der Waals surface area contributed by atoms with Gasteiger partial charge in [-0.15, -0.1) is 0 Å². The van der Waals surface area contributed by atoms with Gasteiger partial charge in [0.25, 0.3) is 5.69 Å². The van der Waals surface area contributed by atoms with E-state index in [0.29, 0.717) is 4.47 Å². The Hall–Kier alpha value is -1.64. The molecule has 2 rings (SSSR count). The molecule has 2 aromatic carbocycles. The highest BCUT2D eigenvalue weighted by molar-refractivity contribution is 9.10. The SMILES string of the molecule is O=[N+]([O-])c1ccc(OS(=O)(=O)c2cccc(Br)c2)c(Cl)c1. The van der Waals surface area contributed by atoms with Crippen LogP contribution >= 0.6 is 27.5 Å². The molecule has 0 aromatic heterocycles. The zero-order chi connectivity index (χ0) is 15.6. The van der Waals surface area contributed by atoms with Gasteiger partial charge < -0.3 is 4.18 Å². The standard InChI is InChI=1S/C12H7BrClNO5S/c13-8-2-1-3-10(6-8)21(18,19)20-12-5-4-9(15(16)17)7-11(12)14/h1-7H. The van der Waals surface area contributed by atoms with E-state index >= 15 is 0 Å². The fourth-order valence-electron chi connectivity index (χ4n) is 1.46. The number of benzene rings is 2. The van der Waals surface area contributed by atoms with Crippen LogP contribution in [0.2, 0.25) is 5.02 Å². The molecule has 2 aromatic rings. The number of nitro groups is 1. The Kier molecular flexibility index (Phi) is 4.50. The van der Waals surface area contributed by atoms with Crippen molar-refractivity contribution >= 4 is 43.3 Å². The first kappa shape index (κ1) is 15.7. The van der Waals surface area contributed by atoms with E-state index in [1.807, 2.05) is 0 Å². The summed E-state index contributed by atoms with van der Waals surface area (Å²) in [5, 5.41) is 10.4. The fourth-order valence-corrected chi connectivity index (χ4v) is 3.26. The average molecular weight is 393 g/mol. The van der Waals surface area contributed by atoms with Crippen molar-refractivity contribution in [3.63, 3.8) is 0 Å². The van der Waals surface area contributed by atoms with Gasteiger partial charge in [-0.3, -0.25) is 10.1 Å². The number of rotatable bonds is 4. The van der Waals surface area contributed by atoms with Crippen LogP contribution in [-0.2, 0) is 10.1 Å². The Morgan fingerprint density at radius 3 is 2.48 bits per heavy atom. The lowest BCUT2D eigenvalue weighted by atomic mass is 10.3. The molecule has 0 fully saturated rings. The van der Waals surface area contributed by atoms with E-state index in [-0.39, 0.29) is 21.4 Å². The highest BCUT2D eigenvalue weighted by atomic mass is 79.9. The van der Waals surface area contributed by atoms with Gasteiger partial charge in [-0.1, -0.05) is 33.6 Å². The molecule has 0 saturated carbocycles. The van der Waals surface area contributed by atoms with Gasteiger partial charge in [0, 0.05) is 16.6 Å². The molecule has 0 radical (unpaired) electrons. The maximum Gasteiger partial charge on any atom is 0.339 e. The van der Waals surface area contributed by atoms with Crippen molar-refractivity contribution in [2.24, 2.45) is 0 Å². The number of halogens is 2. The minimum absolute atomic E-state index is 0.0636. The molecule has 0 spiro atoms. The molecule has 0 saturated heterocycles. The molecule has 0 atom stereocenters. The summed E-state index contributed by atoms with van der Waals surface area (Å²) in [7, 11) is -4.08. The summed E-state index contributed by atoms with van der Waals surface area (Å²) in [5.41, 5.74) is -0.257. The second-order valence-electron chi connectivity index (χ2n) is 3.87. The zero-order valence-corrected chi connectivity index (χ0v) is 13.4. The third kappa shape index (κ3) is 3.72. The van der Waals surface area contributed by atoms with Crippen molar-refractivity contribution in [3.05, 3.63) is 62.1 Å². The van der Waals surface area contributed by atoms with Crippen molar-refractivity contribution in [3.8, 4) is 5.75 Å². The lowest BCUT2D eigenvalue weighted by Gasteiger charge is -2.08. The van der Waals surface area contributed by atoms with Crippen LogP contribution in [-0.4, -0.2) is 13.3 Å². The quantitative estimate of drug-likeness (QED) is 0.449. The molecule has 110 valence electrons. The number of hydrogen-bond acceptors (Lipinski definition) is 5. The molecule has 0 amide bonds. The van der Waals surface area contributed by atoms with Gasteiger partial charge in [0.1, 0.15) is 4.90 Å². The van der Waals surface area contributed by atoms with Crippen LogP contribution in [0.1, 0.15) is 0 Å². The highest BCUT2D eigenvalue weighted by Crippen LogP contribution is 2.31. The summed E-state index contributed by atoms with van der Waals surface area (Å²) >= 11 is 8.95. The second kappa shape index (κ2) is 6.00. The smallest absolute Gasteiger partial charge is 0.339 e. The first-order chi connectivity index (χ1) is 9.79. The highest BCUT2D eigenvalue weighted by Gasteiger charge is 2.20. The van der Waals surface area contributed by atoms with E-state index in [1.54, 1.807) is 6.07 Å². The molecule has 0 N–H and O–H groups in total. The average Bonchev–Trinajstić information content (AvgIpc) is 2.40. The number of hydrogen-bond donors (Lipinski definition) is 0. The molecule has 0 unspecified atom stereocenters.